The zero-order valence-corrected chi connectivity index (χ0v) is 12.2. The summed E-state index contributed by atoms with van der Waals surface area (Å²) < 4.78 is 0. The van der Waals surface area contributed by atoms with Gasteiger partial charge >= 0.3 is 12.0 Å². The van der Waals surface area contributed by atoms with Crippen LogP contribution in [0.2, 0.25) is 5.02 Å². The SMILES string of the molecule is CN(CC(C)(C)O)C(=O)Nc1cc(Cl)cc(C(=O)O)c1. The molecule has 0 aliphatic rings. The van der Waals surface area contributed by atoms with E-state index in [2.05, 4.69) is 5.32 Å². The molecule has 0 fully saturated rings. The van der Waals surface area contributed by atoms with E-state index in [4.69, 9.17) is 16.7 Å². The molecule has 0 saturated carbocycles. The second-order valence-corrected chi connectivity index (χ2v) is 5.57. The van der Waals surface area contributed by atoms with Crippen LogP contribution in [0.15, 0.2) is 18.2 Å². The minimum atomic E-state index is -1.13. The van der Waals surface area contributed by atoms with Gasteiger partial charge in [0.15, 0.2) is 0 Å². The van der Waals surface area contributed by atoms with Gasteiger partial charge in [-0.1, -0.05) is 11.6 Å². The lowest BCUT2D eigenvalue weighted by Gasteiger charge is -2.25. The first-order valence-electron chi connectivity index (χ1n) is 5.87. The highest BCUT2D eigenvalue weighted by Crippen LogP contribution is 2.19. The van der Waals surface area contributed by atoms with Crippen LogP contribution < -0.4 is 5.32 Å². The molecule has 7 heteroatoms. The third kappa shape index (κ3) is 5.07. The molecule has 0 unspecified atom stereocenters. The lowest BCUT2D eigenvalue weighted by molar-refractivity contribution is 0.0550. The number of carbonyl (C=O) groups excluding carboxylic acids is 1. The summed E-state index contributed by atoms with van der Waals surface area (Å²) in [5.41, 5.74) is -0.757. The quantitative estimate of drug-likeness (QED) is 0.795. The Morgan fingerprint density at radius 2 is 1.95 bits per heavy atom. The predicted octanol–water partition coefficient (Wildman–Crippen LogP) is 2.27. The number of carboxylic acids is 1. The summed E-state index contributed by atoms with van der Waals surface area (Å²) in [5.74, 6) is -1.13. The molecule has 20 heavy (non-hydrogen) atoms. The number of urea groups is 1. The molecule has 1 rings (SSSR count). The second kappa shape index (κ2) is 6.11. The van der Waals surface area contributed by atoms with Gasteiger partial charge in [0.25, 0.3) is 0 Å². The van der Waals surface area contributed by atoms with Crippen LogP contribution in [-0.4, -0.2) is 46.3 Å². The van der Waals surface area contributed by atoms with Gasteiger partial charge in [-0.15, -0.1) is 0 Å². The van der Waals surface area contributed by atoms with Crippen LogP contribution in [-0.2, 0) is 0 Å². The normalized spacial score (nSPS) is 11.1. The largest absolute Gasteiger partial charge is 0.478 e. The summed E-state index contributed by atoms with van der Waals surface area (Å²) in [5, 5.41) is 21.3. The van der Waals surface area contributed by atoms with E-state index in [1.54, 1.807) is 13.8 Å². The lowest BCUT2D eigenvalue weighted by Crippen LogP contribution is -2.41. The number of halogens is 1. The Hall–Kier alpha value is -1.79. The molecule has 0 atom stereocenters. The number of rotatable bonds is 4. The Bertz CT molecular complexity index is 526. The molecule has 0 aromatic heterocycles. The number of nitrogens with zero attached hydrogens (tertiary/aromatic N) is 1. The van der Waals surface area contributed by atoms with Crippen molar-refractivity contribution in [3.05, 3.63) is 28.8 Å². The van der Waals surface area contributed by atoms with Crippen molar-refractivity contribution in [2.75, 3.05) is 18.9 Å². The van der Waals surface area contributed by atoms with Gasteiger partial charge in [0.05, 0.1) is 17.7 Å². The van der Waals surface area contributed by atoms with E-state index >= 15 is 0 Å². The van der Waals surface area contributed by atoms with Gasteiger partial charge in [0, 0.05) is 17.8 Å². The number of carbonyl (C=O) groups is 2. The van der Waals surface area contributed by atoms with E-state index in [1.165, 1.54) is 30.1 Å². The summed E-state index contributed by atoms with van der Waals surface area (Å²) in [7, 11) is 1.52. The van der Waals surface area contributed by atoms with Crippen LogP contribution in [0.1, 0.15) is 24.2 Å². The van der Waals surface area contributed by atoms with Gasteiger partial charge in [-0.3, -0.25) is 0 Å². The average molecular weight is 301 g/mol. The Morgan fingerprint density at radius 1 is 1.35 bits per heavy atom. The Labute approximate surface area is 122 Å². The van der Waals surface area contributed by atoms with Crippen molar-refractivity contribution < 1.29 is 19.8 Å². The van der Waals surface area contributed by atoms with E-state index in [-0.39, 0.29) is 22.8 Å². The van der Waals surface area contributed by atoms with Crippen molar-refractivity contribution in [3.63, 3.8) is 0 Å². The number of carboxylic acid groups (broad SMARTS) is 1. The third-order valence-electron chi connectivity index (χ3n) is 2.37. The molecular weight excluding hydrogens is 284 g/mol. The summed E-state index contributed by atoms with van der Waals surface area (Å²) >= 11 is 5.80. The van der Waals surface area contributed by atoms with Crippen LogP contribution in [0.25, 0.3) is 0 Å². The van der Waals surface area contributed by atoms with Crippen LogP contribution in [0.3, 0.4) is 0 Å². The van der Waals surface area contributed by atoms with Crippen LogP contribution in [0.5, 0.6) is 0 Å². The van der Waals surface area contributed by atoms with Gasteiger partial charge in [-0.2, -0.15) is 0 Å². The molecule has 0 spiro atoms. The standard InChI is InChI=1S/C13H17ClN2O4/c1-13(2,20)7-16(3)12(19)15-10-5-8(11(17)18)4-9(14)6-10/h4-6,20H,7H2,1-3H3,(H,15,19)(H,17,18). The third-order valence-corrected chi connectivity index (χ3v) is 2.59. The van der Waals surface area contributed by atoms with E-state index in [0.29, 0.717) is 0 Å². The number of anilines is 1. The summed E-state index contributed by atoms with van der Waals surface area (Å²) in [4.78, 5) is 24.1. The highest BCUT2D eigenvalue weighted by molar-refractivity contribution is 6.31. The minimum Gasteiger partial charge on any atom is -0.478 e. The highest BCUT2D eigenvalue weighted by atomic mass is 35.5. The molecule has 0 bridgehead atoms. The maximum atomic E-state index is 11.9. The second-order valence-electron chi connectivity index (χ2n) is 5.13. The van der Waals surface area contributed by atoms with Crippen molar-refractivity contribution in [1.29, 1.82) is 0 Å². The summed E-state index contributed by atoms with van der Waals surface area (Å²) in [6, 6.07) is 3.58. The number of hydrogen-bond acceptors (Lipinski definition) is 3. The number of aromatic carboxylic acids is 1. The van der Waals surface area contributed by atoms with Crippen molar-refractivity contribution in [3.8, 4) is 0 Å². The number of hydrogen-bond donors (Lipinski definition) is 3. The molecule has 0 saturated heterocycles. The smallest absolute Gasteiger partial charge is 0.335 e. The molecular formula is C13H17ClN2O4. The molecule has 110 valence electrons. The van der Waals surface area contributed by atoms with Crippen LogP contribution in [0, 0.1) is 0 Å². The zero-order valence-electron chi connectivity index (χ0n) is 11.5. The van der Waals surface area contributed by atoms with E-state index in [0.717, 1.165) is 0 Å². The summed E-state index contributed by atoms with van der Waals surface area (Å²) in [6.45, 7) is 3.29. The first kappa shape index (κ1) is 16.3. The van der Waals surface area contributed by atoms with Gasteiger partial charge < -0.3 is 20.4 Å². The maximum Gasteiger partial charge on any atom is 0.335 e. The molecule has 2 amide bonds. The first-order chi connectivity index (χ1) is 9.08. The van der Waals surface area contributed by atoms with E-state index in [9.17, 15) is 14.7 Å². The Morgan fingerprint density at radius 3 is 2.45 bits per heavy atom. The fourth-order valence-corrected chi connectivity index (χ4v) is 1.89. The average Bonchev–Trinajstić information content (AvgIpc) is 2.25. The topological polar surface area (TPSA) is 89.9 Å². The monoisotopic (exact) mass is 300 g/mol. The fourth-order valence-electron chi connectivity index (χ4n) is 1.66. The van der Waals surface area contributed by atoms with E-state index in [1.807, 2.05) is 0 Å². The van der Waals surface area contributed by atoms with Gasteiger partial charge in [-0.05, 0) is 32.0 Å². The first-order valence-corrected chi connectivity index (χ1v) is 6.25. The Kier molecular flexibility index (Phi) is 4.97. The van der Waals surface area contributed by atoms with E-state index < -0.39 is 17.6 Å². The minimum absolute atomic E-state index is 0.0158. The molecule has 3 N–H and O–H groups in total. The molecule has 0 heterocycles. The zero-order chi connectivity index (χ0) is 15.5. The van der Waals surface area contributed by atoms with Crippen molar-refractivity contribution in [2.45, 2.75) is 19.4 Å². The number of likely N-dealkylation sites (N-methyl/N-ethyl adjacent to an activating group) is 1. The van der Waals surface area contributed by atoms with Crippen LogP contribution >= 0.6 is 11.6 Å². The van der Waals surface area contributed by atoms with Gasteiger partial charge in [-0.25, -0.2) is 9.59 Å². The molecule has 1 aromatic rings. The van der Waals surface area contributed by atoms with Crippen LogP contribution in [0.4, 0.5) is 10.5 Å². The van der Waals surface area contributed by atoms with Gasteiger partial charge in [0.1, 0.15) is 0 Å². The lowest BCUT2D eigenvalue weighted by atomic mass is 10.1. The number of aliphatic hydroxyl groups is 1. The molecule has 1 aromatic carbocycles. The number of amides is 2. The highest BCUT2D eigenvalue weighted by Gasteiger charge is 2.19. The van der Waals surface area contributed by atoms with Crippen molar-refractivity contribution >= 4 is 29.3 Å². The number of benzene rings is 1. The number of nitrogens with one attached hydrogen (secondary N) is 1. The van der Waals surface area contributed by atoms with Crippen molar-refractivity contribution in [2.24, 2.45) is 0 Å². The predicted molar refractivity (Wildman–Crippen MR) is 76.4 cm³/mol. The molecule has 0 aliphatic heterocycles. The maximum absolute atomic E-state index is 11.9. The van der Waals surface area contributed by atoms with Crippen molar-refractivity contribution in [1.82, 2.24) is 4.90 Å². The Balaban J connectivity index is 2.83. The molecule has 0 aliphatic carbocycles. The fraction of sp³-hybridized carbons (Fsp3) is 0.385. The van der Waals surface area contributed by atoms with Gasteiger partial charge in [0.2, 0.25) is 0 Å². The molecule has 6 nitrogen and oxygen atoms in total. The summed E-state index contributed by atoms with van der Waals surface area (Å²) in [6.07, 6.45) is 0. The molecule has 0 radical (unpaired) electrons.